The number of fused-ring (bicyclic) bond motifs is 2. The summed E-state index contributed by atoms with van der Waals surface area (Å²) in [5.41, 5.74) is 6.39. The number of hydrogen-bond acceptors (Lipinski definition) is 5. The minimum atomic E-state index is 0.126. The van der Waals surface area contributed by atoms with Crippen LogP contribution in [0.1, 0.15) is 50.6 Å². The molecule has 0 spiro atoms. The molecule has 5 rings (SSSR count). The van der Waals surface area contributed by atoms with Crippen LogP contribution in [0.15, 0.2) is 59.9 Å². The van der Waals surface area contributed by atoms with Crippen LogP contribution < -0.4 is 0 Å². The molecule has 0 unspecified atom stereocenters. The molecule has 0 saturated heterocycles. The molecular formula is C24H22N4OS. The monoisotopic (exact) mass is 414 g/mol. The van der Waals surface area contributed by atoms with Crippen LogP contribution in [0.25, 0.3) is 5.78 Å². The van der Waals surface area contributed by atoms with Gasteiger partial charge in [0.15, 0.2) is 5.78 Å². The number of rotatable bonds is 4. The van der Waals surface area contributed by atoms with E-state index in [0.29, 0.717) is 22.9 Å². The van der Waals surface area contributed by atoms with Crippen molar-refractivity contribution >= 4 is 23.3 Å². The summed E-state index contributed by atoms with van der Waals surface area (Å²) in [5.74, 6) is 1.64. The highest BCUT2D eigenvalue weighted by molar-refractivity contribution is 7.98. The number of nitrogens with zero attached hydrogens (tertiary/aromatic N) is 4. The Bertz CT molecular complexity index is 1250. The van der Waals surface area contributed by atoms with E-state index in [1.807, 2.05) is 0 Å². The third kappa shape index (κ3) is 3.75. The number of Topliss-reactive ketones (excluding diaryl/α,β-unsaturated/α-hetero) is 1. The maximum atomic E-state index is 12.8. The highest BCUT2D eigenvalue weighted by atomic mass is 32.2. The van der Waals surface area contributed by atoms with Crippen LogP contribution in [0.2, 0.25) is 0 Å². The van der Waals surface area contributed by atoms with Gasteiger partial charge in [-0.25, -0.2) is 9.50 Å². The van der Waals surface area contributed by atoms with Gasteiger partial charge in [0.2, 0.25) is 5.16 Å². The summed E-state index contributed by atoms with van der Waals surface area (Å²) in [6.45, 7) is 4.16. The van der Waals surface area contributed by atoms with Crippen molar-refractivity contribution in [2.75, 3.05) is 0 Å². The Morgan fingerprint density at radius 3 is 2.67 bits per heavy atom. The van der Waals surface area contributed by atoms with Gasteiger partial charge in [0, 0.05) is 18.4 Å². The number of benzene rings is 2. The van der Waals surface area contributed by atoms with Crippen molar-refractivity contribution in [1.82, 2.24) is 19.6 Å². The van der Waals surface area contributed by atoms with E-state index in [2.05, 4.69) is 72.5 Å². The molecule has 150 valence electrons. The maximum Gasteiger partial charge on any atom is 0.253 e. The lowest BCUT2D eigenvalue weighted by molar-refractivity contribution is 0.0962. The second kappa shape index (κ2) is 7.69. The van der Waals surface area contributed by atoms with Crippen molar-refractivity contribution in [2.45, 2.75) is 43.5 Å². The molecule has 0 aliphatic heterocycles. The van der Waals surface area contributed by atoms with Crippen molar-refractivity contribution in [3.8, 4) is 0 Å². The quantitative estimate of drug-likeness (QED) is 0.442. The van der Waals surface area contributed by atoms with Crippen LogP contribution in [0.4, 0.5) is 0 Å². The molecule has 6 heteroatoms. The molecule has 1 aliphatic carbocycles. The van der Waals surface area contributed by atoms with E-state index < -0.39 is 0 Å². The van der Waals surface area contributed by atoms with E-state index in [9.17, 15) is 4.79 Å². The summed E-state index contributed by atoms with van der Waals surface area (Å²) in [5, 5.41) is 5.21. The summed E-state index contributed by atoms with van der Waals surface area (Å²) in [6, 6.07) is 16.9. The number of hydrogen-bond donors (Lipinski definition) is 0. The average molecular weight is 415 g/mol. The van der Waals surface area contributed by atoms with E-state index >= 15 is 0 Å². The summed E-state index contributed by atoms with van der Waals surface area (Å²) in [7, 11) is 0. The van der Waals surface area contributed by atoms with Crippen molar-refractivity contribution in [3.05, 3.63) is 88.2 Å². The summed E-state index contributed by atoms with van der Waals surface area (Å²) < 4.78 is 1.64. The Labute approximate surface area is 179 Å². The minimum Gasteiger partial charge on any atom is -0.294 e. The van der Waals surface area contributed by atoms with E-state index in [-0.39, 0.29) is 11.7 Å². The highest BCUT2D eigenvalue weighted by Gasteiger charge is 2.28. The van der Waals surface area contributed by atoms with Gasteiger partial charge in [-0.2, -0.15) is 4.98 Å². The van der Waals surface area contributed by atoms with Crippen LogP contribution in [0.5, 0.6) is 0 Å². The Morgan fingerprint density at radius 1 is 1.03 bits per heavy atom. The minimum absolute atomic E-state index is 0.126. The van der Waals surface area contributed by atoms with Gasteiger partial charge in [0.05, 0.1) is 11.3 Å². The fourth-order valence-electron chi connectivity index (χ4n) is 3.95. The molecule has 2 aromatic heterocycles. The van der Waals surface area contributed by atoms with Crippen molar-refractivity contribution in [1.29, 1.82) is 0 Å². The van der Waals surface area contributed by atoms with Crippen LogP contribution in [-0.2, 0) is 12.2 Å². The zero-order chi connectivity index (χ0) is 20.7. The van der Waals surface area contributed by atoms with Crippen LogP contribution in [0.3, 0.4) is 0 Å². The van der Waals surface area contributed by atoms with Crippen molar-refractivity contribution in [2.24, 2.45) is 0 Å². The van der Waals surface area contributed by atoms with Gasteiger partial charge in [-0.1, -0.05) is 71.4 Å². The first-order valence-corrected chi connectivity index (χ1v) is 11.1. The zero-order valence-corrected chi connectivity index (χ0v) is 17.8. The smallest absolute Gasteiger partial charge is 0.253 e. The topological polar surface area (TPSA) is 60.2 Å². The van der Waals surface area contributed by atoms with Gasteiger partial charge in [-0.05, 0) is 37.3 Å². The lowest BCUT2D eigenvalue weighted by atomic mass is 9.82. The molecule has 30 heavy (non-hydrogen) atoms. The molecule has 1 atom stereocenters. The Kier molecular flexibility index (Phi) is 4.87. The van der Waals surface area contributed by atoms with Gasteiger partial charge in [0.1, 0.15) is 0 Å². The Balaban J connectivity index is 1.40. The van der Waals surface area contributed by atoms with Crippen molar-refractivity contribution < 1.29 is 4.79 Å². The van der Waals surface area contributed by atoms with Gasteiger partial charge < -0.3 is 0 Å². The molecule has 4 aromatic rings. The Morgan fingerprint density at radius 2 is 1.87 bits per heavy atom. The largest absolute Gasteiger partial charge is 0.294 e. The summed E-state index contributed by atoms with van der Waals surface area (Å²) in [6.07, 6.45) is 3.06. The van der Waals surface area contributed by atoms with Gasteiger partial charge in [-0.15, -0.1) is 5.10 Å². The molecule has 0 radical (unpaired) electrons. The second-order valence-corrected chi connectivity index (χ2v) is 8.90. The highest BCUT2D eigenvalue weighted by Crippen LogP contribution is 2.32. The predicted molar refractivity (Wildman–Crippen MR) is 118 cm³/mol. The molecule has 2 aromatic carbocycles. The number of ketones is 1. The fraction of sp³-hybridized carbons (Fsp3) is 0.250. The second-order valence-electron chi connectivity index (χ2n) is 7.96. The molecule has 0 bridgehead atoms. The molecule has 0 amide bonds. The molecule has 5 nitrogen and oxygen atoms in total. The first-order valence-electron chi connectivity index (χ1n) is 10.1. The van der Waals surface area contributed by atoms with Crippen LogP contribution >= 0.6 is 11.8 Å². The zero-order valence-electron chi connectivity index (χ0n) is 17.0. The number of aromatic nitrogens is 4. The molecule has 0 N–H and O–H groups in total. The van der Waals surface area contributed by atoms with E-state index in [1.165, 1.54) is 22.3 Å². The normalized spacial score (nSPS) is 16.1. The maximum absolute atomic E-state index is 12.8. The van der Waals surface area contributed by atoms with E-state index in [1.54, 1.807) is 22.5 Å². The average Bonchev–Trinajstić information content (AvgIpc) is 3.13. The predicted octanol–water partition coefficient (Wildman–Crippen LogP) is 4.95. The molecule has 0 saturated carbocycles. The SMILES string of the molecule is Cc1ccc([C@H]2CC(=O)c3cn4nc(SCc5cccc(C)c5)nc4nc3C2)cc1. The molecule has 0 fully saturated rings. The number of carbonyl (C=O) groups excluding carboxylic acids is 1. The van der Waals surface area contributed by atoms with E-state index in [4.69, 9.17) is 4.98 Å². The standard InChI is InChI=1S/C24H22N4OS/c1-15-6-8-18(9-7-15)19-11-21-20(22(29)12-19)13-28-23(25-21)26-24(27-28)30-14-17-5-3-4-16(2)10-17/h3-10,13,19H,11-12,14H2,1-2H3/t19-/m1/s1. The lowest BCUT2D eigenvalue weighted by Gasteiger charge is -2.23. The number of aryl methyl sites for hydroxylation is 2. The Hall–Kier alpha value is -2.99. The summed E-state index contributed by atoms with van der Waals surface area (Å²) >= 11 is 1.58. The van der Waals surface area contributed by atoms with Crippen molar-refractivity contribution in [3.63, 3.8) is 0 Å². The molecular weight excluding hydrogens is 392 g/mol. The summed E-state index contributed by atoms with van der Waals surface area (Å²) in [4.78, 5) is 22.1. The number of thioether (sulfide) groups is 1. The third-order valence-corrected chi connectivity index (χ3v) is 6.47. The lowest BCUT2D eigenvalue weighted by Crippen LogP contribution is -2.21. The van der Waals surface area contributed by atoms with Gasteiger partial charge in [0.25, 0.3) is 5.78 Å². The molecule has 2 heterocycles. The number of carbonyl (C=O) groups is 1. The van der Waals surface area contributed by atoms with Gasteiger partial charge >= 0.3 is 0 Å². The van der Waals surface area contributed by atoms with E-state index in [0.717, 1.165) is 17.9 Å². The molecule has 1 aliphatic rings. The fourth-order valence-corrected chi connectivity index (χ4v) is 4.72. The van der Waals surface area contributed by atoms with Gasteiger partial charge in [-0.3, -0.25) is 4.79 Å². The third-order valence-electron chi connectivity index (χ3n) is 5.56. The first kappa shape index (κ1) is 19.0. The first-order chi connectivity index (χ1) is 14.5. The van der Waals surface area contributed by atoms with Crippen LogP contribution in [0, 0.1) is 13.8 Å². The van der Waals surface area contributed by atoms with Crippen LogP contribution in [-0.4, -0.2) is 25.4 Å².